The lowest BCUT2D eigenvalue weighted by atomic mass is 10.1. The highest BCUT2D eigenvalue weighted by molar-refractivity contribution is 9.11. The highest BCUT2D eigenvalue weighted by Crippen LogP contribution is 2.33. The van der Waals surface area contributed by atoms with E-state index in [1.807, 2.05) is 38.8 Å². The van der Waals surface area contributed by atoms with Crippen molar-refractivity contribution in [3.05, 3.63) is 63.5 Å². The molecular formula is C30H33BrN6O5S. The molecule has 3 aromatic rings. The van der Waals surface area contributed by atoms with E-state index in [0.717, 1.165) is 35.4 Å². The molecule has 2 amide bonds. The van der Waals surface area contributed by atoms with E-state index in [2.05, 4.69) is 41.4 Å². The molecule has 5 rings (SSSR count). The minimum atomic E-state index is -0.468. The quantitative estimate of drug-likeness (QED) is 0.291. The fourth-order valence-corrected chi connectivity index (χ4v) is 6.05. The Hall–Kier alpha value is -3.77. The molecule has 4 heterocycles. The summed E-state index contributed by atoms with van der Waals surface area (Å²) in [5, 5.41) is 7.59. The first-order valence-corrected chi connectivity index (χ1v) is 15.6. The number of pyridine rings is 1. The number of carbonyl (C=O) groups excluding carboxylic acids is 3. The van der Waals surface area contributed by atoms with Crippen LogP contribution in [-0.2, 0) is 9.63 Å². The molecule has 43 heavy (non-hydrogen) atoms. The molecule has 0 spiro atoms. The van der Waals surface area contributed by atoms with Crippen LogP contribution in [0, 0.1) is 0 Å². The Morgan fingerprint density at radius 2 is 1.84 bits per heavy atom. The molecule has 2 aromatic heterocycles. The largest absolute Gasteiger partial charge is 0.489 e. The Kier molecular flexibility index (Phi) is 9.46. The van der Waals surface area contributed by atoms with Crippen molar-refractivity contribution in [3.63, 3.8) is 0 Å². The normalized spacial score (nSPS) is 17.0. The van der Waals surface area contributed by atoms with E-state index in [-0.39, 0.29) is 23.8 Å². The van der Waals surface area contributed by atoms with Crippen LogP contribution in [0.1, 0.15) is 67.2 Å². The molecule has 0 aliphatic carbocycles. The van der Waals surface area contributed by atoms with Crippen molar-refractivity contribution in [2.75, 3.05) is 35.2 Å². The van der Waals surface area contributed by atoms with Gasteiger partial charge in [0.05, 0.1) is 38.6 Å². The average molecular weight is 670 g/mol. The number of rotatable bonds is 8. The van der Waals surface area contributed by atoms with Gasteiger partial charge in [-0.05, 0) is 67.7 Å². The molecule has 2 saturated heterocycles. The summed E-state index contributed by atoms with van der Waals surface area (Å²) in [5.74, 6) is 1.51. The van der Waals surface area contributed by atoms with Gasteiger partial charge in [0.1, 0.15) is 23.5 Å². The Labute approximate surface area is 262 Å². The molecule has 0 saturated carbocycles. The number of nitrogens with zero attached hydrogens (tertiary/aromatic N) is 4. The number of ether oxygens (including phenoxy) is 1. The summed E-state index contributed by atoms with van der Waals surface area (Å²) < 4.78 is 7.22. The van der Waals surface area contributed by atoms with E-state index in [1.54, 1.807) is 17.3 Å². The molecule has 2 aliphatic rings. The fourth-order valence-electron chi connectivity index (χ4n) is 4.95. The number of halogens is 1. The van der Waals surface area contributed by atoms with Crippen molar-refractivity contribution in [1.82, 2.24) is 15.0 Å². The van der Waals surface area contributed by atoms with Crippen molar-refractivity contribution in [2.24, 2.45) is 0 Å². The molecule has 1 aromatic carbocycles. The van der Waals surface area contributed by atoms with Crippen molar-refractivity contribution in [1.29, 1.82) is 0 Å². The summed E-state index contributed by atoms with van der Waals surface area (Å²) in [6.45, 7) is 8.06. The molecule has 0 bridgehead atoms. The van der Waals surface area contributed by atoms with E-state index in [1.165, 1.54) is 29.8 Å². The highest BCUT2D eigenvalue weighted by atomic mass is 79.9. The number of thiazole rings is 1. The second kappa shape index (κ2) is 13.3. The van der Waals surface area contributed by atoms with Gasteiger partial charge >= 0.3 is 0 Å². The van der Waals surface area contributed by atoms with Crippen molar-refractivity contribution in [2.45, 2.75) is 58.2 Å². The van der Waals surface area contributed by atoms with Gasteiger partial charge in [-0.15, -0.1) is 0 Å². The summed E-state index contributed by atoms with van der Waals surface area (Å²) in [4.78, 5) is 55.0. The molecule has 11 nitrogen and oxygen atoms in total. The molecule has 2 fully saturated rings. The van der Waals surface area contributed by atoms with Crippen LogP contribution in [0.2, 0.25) is 0 Å². The smallest absolute Gasteiger partial charge is 0.259 e. The number of hydrogen-bond acceptors (Lipinski definition) is 10. The number of benzene rings is 1. The zero-order valence-corrected chi connectivity index (χ0v) is 26.6. The van der Waals surface area contributed by atoms with Gasteiger partial charge < -0.3 is 15.0 Å². The van der Waals surface area contributed by atoms with Gasteiger partial charge in [0.25, 0.3) is 11.8 Å². The average Bonchev–Trinajstić information content (AvgIpc) is 3.65. The number of hydrogen-bond donors (Lipinski definition) is 2. The van der Waals surface area contributed by atoms with Crippen LogP contribution in [0.25, 0.3) is 0 Å². The molecule has 1 atom stereocenters. The Morgan fingerprint density at radius 1 is 1.07 bits per heavy atom. The minimum Gasteiger partial charge on any atom is -0.489 e. The van der Waals surface area contributed by atoms with Crippen molar-refractivity contribution >= 4 is 61.5 Å². The van der Waals surface area contributed by atoms with Crippen LogP contribution in [0.3, 0.4) is 0 Å². The van der Waals surface area contributed by atoms with Crippen molar-refractivity contribution in [3.8, 4) is 5.75 Å². The predicted octanol–water partition coefficient (Wildman–Crippen LogP) is 5.69. The number of carbonyl (C=O) groups is 2. The SMILES string of the molecule is CC(C)(C)ON1CCC(Oc2cc(N3CCCC3)ccc2C(=O)Nc2cnccc2C(=O)Nc2ncc(Br)s2)CC1=C=O. The van der Waals surface area contributed by atoms with Crippen LogP contribution in [0.5, 0.6) is 5.75 Å². The van der Waals surface area contributed by atoms with E-state index in [0.29, 0.717) is 35.1 Å². The van der Waals surface area contributed by atoms with Gasteiger partial charge in [-0.3, -0.25) is 24.7 Å². The summed E-state index contributed by atoms with van der Waals surface area (Å²) in [5.41, 5.74) is 1.63. The fraction of sp³-hybridized carbons (Fsp3) is 0.400. The third-order valence-electron chi connectivity index (χ3n) is 6.86. The van der Waals surface area contributed by atoms with Crippen LogP contribution in [-0.4, -0.2) is 64.1 Å². The van der Waals surface area contributed by atoms with Gasteiger partial charge in [-0.1, -0.05) is 11.3 Å². The number of piperidine rings is 1. The van der Waals surface area contributed by atoms with Gasteiger partial charge in [-0.25, -0.2) is 14.8 Å². The number of anilines is 3. The summed E-state index contributed by atoms with van der Waals surface area (Å²) in [6.07, 6.45) is 7.20. The molecule has 2 aliphatic heterocycles. The Morgan fingerprint density at radius 3 is 2.53 bits per heavy atom. The van der Waals surface area contributed by atoms with E-state index in [4.69, 9.17) is 9.57 Å². The second-order valence-corrected chi connectivity index (χ2v) is 13.7. The second-order valence-electron chi connectivity index (χ2n) is 11.3. The Balaban J connectivity index is 1.38. The lowest BCUT2D eigenvalue weighted by molar-refractivity contribution is -0.217. The predicted molar refractivity (Wildman–Crippen MR) is 168 cm³/mol. The number of aromatic nitrogens is 2. The summed E-state index contributed by atoms with van der Waals surface area (Å²) >= 11 is 4.61. The van der Waals surface area contributed by atoms with E-state index in [9.17, 15) is 14.4 Å². The lowest BCUT2D eigenvalue weighted by Crippen LogP contribution is -2.41. The molecule has 0 radical (unpaired) electrons. The standard InChI is InChI=1S/C30H33BrN6O5S/c1-30(2,3)42-37-13-9-21(14-20(37)18-38)41-25-15-19(36-11-4-5-12-36)6-7-23(25)28(40)34-24-16-32-10-8-22(24)27(39)35-29-33-17-26(31)43-29/h6-8,10,15-17,21H,4-5,9,11-14H2,1-3H3,(H,34,40)(H,33,35,39). The third-order valence-corrected chi connectivity index (χ3v) is 8.26. The van der Waals surface area contributed by atoms with Crippen LogP contribution in [0.4, 0.5) is 16.5 Å². The number of nitrogens with one attached hydrogen (secondary N) is 2. The third kappa shape index (κ3) is 7.80. The first-order chi connectivity index (χ1) is 20.6. The Bertz CT molecular complexity index is 1540. The van der Waals surface area contributed by atoms with E-state index < -0.39 is 17.4 Å². The zero-order chi connectivity index (χ0) is 30.6. The maximum absolute atomic E-state index is 13.7. The lowest BCUT2D eigenvalue weighted by Gasteiger charge is -2.37. The number of amides is 2. The van der Waals surface area contributed by atoms with Crippen LogP contribution < -0.4 is 20.3 Å². The number of hydroxylamine groups is 2. The molecule has 226 valence electrons. The summed E-state index contributed by atoms with van der Waals surface area (Å²) in [7, 11) is 0. The van der Waals surface area contributed by atoms with Gasteiger partial charge in [-0.2, -0.15) is 0 Å². The van der Waals surface area contributed by atoms with Crippen LogP contribution >= 0.6 is 27.3 Å². The topological polar surface area (TPSA) is 126 Å². The molecular weight excluding hydrogens is 636 g/mol. The summed E-state index contributed by atoms with van der Waals surface area (Å²) in [6, 6.07) is 7.04. The maximum Gasteiger partial charge on any atom is 0.259 e. The van der Waals surface area contributed by atoms with Crippen molar-refractivity contribution < 1.29 is 24.0 Å². The maximum atomic E-state index is 13.7. The van der Waals surface area contributed by atoms with Gasteiger partial charge in [0.2, 0.25) is 0 Å². The van der Waals surface area contributed by atoms with Gasteiger partial charge in [0, 0.05) is 50.4 Å². The molecule has 13 heteroatoms. The minimum absolute atomic E-state index is 0.234. The first-order valence-electron chi connectivity index (χ1n) is 14.0. The van der Waals surface area contributed by atoms with Gasteiger partial charge in [0.15, 0.2) is 5.13 Å². The molecule has 1 unspecified atom stereocenters. The van der Waals surface area contributed by atoms with E-state index >= 15 is 0 Å². The monoisotopic (exact) mass is 668 g/mol. The first kappa shape index (κ1) is 30.7. The van der Waals surface area contributed by atoms with Crippen LogP contribution in [0.15, 0.2) is 52.3 Å². The highest BCUT2D eigenvalue weighted by Gasteiger charge is 2.30. The zero-order valence-electron chi connectivity index (χ0n) is 24.2. The molecule has 2 N–H and O–H groups in total.